The van der Waals surface area contributed by atoms with E-state index < -0.39 is 5.91 Å². The maximum atomic E-state index is 11.4. The Morgan fingerprint density at radius 1 is 1.35 bits per heavy atom. The number of amides is 1. The number of methoxy groups -OCH3 is 1. The maximum Gasteiger partial charge on any atom is 0.277 e. The van der Waals surface area contributed by atoms with Gasteiger partial charge in [0.15, 0.2) is 0 Å². The minimum Gasteiger partial charge on any atom is -0.497 e. The quantitative estimate of drug-likeness (QED) is 0.414. The van der Waals surface area contributed by atoms with Gasteiger partial charge in [0.1, 0.15) is 5.75 Å². The third-order valence-electron chi connectivity index (χ3n) is 5.59. The van der Waals surface area contributed by atoms with E-state index in [1.807, 2.05) is 24.1 Å². The smallest absolute Gasteiger partial charge is 0.277 e. The van der Waals surface area contributed by atoms with E-state index in [0.717, 1.165) is 50.5 Å². The highest BCUT2D eigenvalue weighted by Crippen LogP contribution is 2.25. The van der Waals surface area contributed by atoms with Gasteiger partial charge in [-0.2, -0.15) is 0 Å². The number of carbonyl (C=O) groups excluding carboxylic acids is 1. The zero-order valence-electron chi connectivity index (χ0n) is 18.0. The molecular formula is C22H30N6O3. The van der Waals surface area contributed by atoms with Gasteiger partial charge in [-0.05, 0) is 55.3 Å². The summed E-state index contributed by atoms with van der Waals surface area (Å²) in [7, 11) is 3.66. The molecule has 1 aromatic carbocycles. The molecule has 1 amide bonds. The second kappa shape index (κ2) is 10.7. The van der Waals surface area contributed by atoms with Crippen LogP contribution in [0.4, 0.5) is 11.6 Å². The van der Waals surface area contributed by atoms with Crippen molar-refractivity contribution < 1.29 is 14.7 Å². The number of benzene rings is 1. The average molecular weight is 427 g/mol. The topological polar surface area (TPSA) is 103 Å². The zero-order valence-corrected chi connectivity index (χ0v) is 18.0. The molecule has 0 atom stereocenters. The molecule has 3 N–H and O–H groups in total. The maximum absolute atomic E-state index is 11.4. The molecule has 0 saturated carbocycles. The molecule has 166 valence electrons. The summed E-state index contributed by atoms with van der Waals surface area (Å²) >= 11 is 0. The van der Waals surface area contributed by atoms with Gasteiger partial charge in [-0.1, -0.05) is 6.58 Å². The lowest BCUT2D eigenvalue weighted by atomic mass is 9.97. The number of hydrogen-bond acceptors (Lipinski definition) is 8. The largest absolute Gasteiger partial charge is 0.497 e. The van der Waals surface area contributed by atoms with Gasteiger partial charge in [0.05, 0.1) is 12.7 Å². The molecule has 1 fully saturated rings. The summed E-state index contributed by atoms with van der Waals surface area (Å²) in [5, 5.41) is 12.3. The molecule has 3 rings (SSSR count). The standard InChI is InChI=1S/C22H30N6O3/c1-4-27(2)20-6-5-19(31-3)11-17(20)13-23-12-16-7-9-28(10-8-16)22-24-14-18(15-25-22)21(29)26-30/h4-6,11,14-16,23,30H,1,7-10,12-13H2,2-3H3,(H,26,29). The number of piperidine rings is 1. The molecule has 0 bridgehead atoms. The molecule has 0 unspecified atom stereocenters. The molecule has 1 aliphatic heterocycles. The van der Waals surface area contributed by atoms with Crippen molar-refractivity contribution in [3.63, 3.8) is 0 Å². The van der Waals surface area contributed by atoms with Crippen molar-refractivity contribution in [2.45, 2.75) is 19.4 Å². The lowest BCUT2D eigenvalue weighted by Crippen LogP contribution is -2.38. The second-order valence-electron chi connectivity index (χ2n) is 7.56. The van der Waals surface area contributed by atoms with Crippen molar-refractivity contribution in [1.82, 2.24) is 20.8 Å². The Hall–Kier alpha value is -3.17. The van der Waals surface area contributed by atoms with Crippen LogP contribution in [0.15, 0.2) is 43.4 Å². The number of ether oxygens (including phenoxy) is 1. The van der Waals surface area contributed by atoms with E-state index in [1.165, 1.54) is 18.0 Å². The normalized spacial score (nSPS) is 14.2. The van der Waals surface area contributed by atoms with Gasteiger partial charge in [-0.15, -0.1) is 0 Å². The Bertz CT molecular complexity index is 881. The molecule has 9 nitrogen and oxygen atoms in total. The predicted octanol–water partition coefficient (Wildman–Crippen LogP) is 2.19. The number of anilines is 2. The van der Waals surface area contributed by atoms with Crippen LogP contribution in [0.2, 0.25) is 0 Å². The van der Waals surface area contributed by atoms with Crippen molar-refractivity contribution in [2.24, 2.45) is 5.92 Å². The highest BCUT2D eigenvalue weighted by atomic mass is 16.5. The van der Waals surface area contributed by atoms with E-state index in [4.69, 9.17) is 9.94 Å². The fourth-order valence-corrected chi connectivity index (χ4v) is 3.69. The Morgan fingerprint density at radius 2 is 2.06 bits per heavy atom. The summed E-state index contributed by atoms with van der Waals surface area (Å²) in [5.41, 5.74) is 4.08. The summed E-state index contributed by atoms with van der Waals surface area (Å²) in [5.74, 6) is 1.40. The average Bonchev–Trinajstić information content (AvgIpc) is 2.83. The molecule has 9 heteroatoms. The minimum atomic E-state index is -0.616. The van der Waals surface area contributed by atoms with E-state index in [-0.39, 0.29) is 5.56 Å². The molecule has 1 saturated heterocycles. The molecule has 31 heavy (non-hydrogen) atoms. The minimum absolute atomic E-state index is 0.226. The summed E-state index contributed by atoms with van der Waals surface area (Å²) in [4.78, 5) is 24.0. The van der Waals surface area contributed by atoms with E-state index in [2.05, 4.69) is 32.8 Å². The Labute approximate surface area is 182 Å². The number of carbonyl (C=O) groups is 1. The number of aromatic nitrogens is 2. The van der Waals surface area contributed by atoms with E-state index in [9.17, 15) is 4.79 Å². The van der Waals surface area contributed by atoms with Crippen LogP contribution in [-0.4, -0.2) is 54.9 Å². The number of rotatable bonds is 9. The van der Waals surface area contributed by atoms with Crippen LogP contribution >= 0.6 is 0 Å². The van der Waals surface area contributed by atoms with E-state index in [0.29, 0.717) is 11.9 Å². The molecule has 2 aromatic rings. The van der Waals surface area contributed by atoms with Crippen LogP contribution in [0.3, 0.4) is 0 Å². The van der Waals surface area contributed by atoms with Crippen molar-refractivity contribution in [3.8, 4) is 5.75 Å². The van der Waals surface area contributed by atoms with Crippen LogP contribution in [-0.2, 0) is 6.54 Å². The van der Waals surface area contributed by atoms with Gasteiger partial charge >= 0.3 is 0 Å². The fourth-order valence-electron chi connectivity index (χ4n) is 3.69. The van der Waals surface area contributed by atoms with Gasteiger partial charge in [0.25, 0.3) is 5.91 Å². The molecule has 1 aromatic heterocycles. The number of hydrogen-bond donors (Lipinski definition) is 3. The third-order valence-corrected chi connectivity index (χ3v) is 5.59. The number of nitrogens with one attached hydrogen (secondary N) is 2. The first-order valence-corrected chi connectivity index (χ1v) is 10.3. The molecular weight excluding hydrogens is 396 g/mol. The van der Waals surface area contributed by atoms with E-state index in [1.54, 1.807) is 18.8 Å². The summed E-state index contributed by atoms with van der Waals surface area (Å²) in [6.07, 6.45) is 6.71. The Kier molecular flexibility index (Phi) is 7.80. The molecule has 0 aliphatic carbocycles. The summed E-state index contributed by atoms with van der Waals surface area (Å²) < 4.78 is 5.38. The first kappa shape index (κ1) is 22.5. The van der Waals surface area contributed by atoms with Gasteiger partial charge in [-0.3, -0.25) is 10.0 Å². The SMILES string of the molecule is C=CN(C)c1ccc(OC)cc1CNCC1CCN(c2ncc(C(=O)NO)cn2)CC1. The Balaban J connectivity index is 1.50. The fraction of sp³-hybridized carbons (Fsp3) is 0.409. The highest BCUT2D eigenvalue weighted by Gasteiger charge is 2.21. The molecule has 0 spiro atoms. The second-order valence-corrected chi connectivity index (χ2v) is 7.56. The third kappa shape index (κ3) is 5.71. The van der Waals surface area contributed by atoms with Gasteiger partial charge in [0, 0.05) is 44.8 Å². The van der Waals surface area contributed by atoms with Gasteiger partial charge < -0.3 is 19.9 Å². The monoisotopic (exact) mass is 426 g/mol. The summed E-state index contributed by atoms with van der Waals surface area (Å²) in [6.45, 7) is 7.26. The number of nitrogens with zero attached hydrogens (tertiary/aromatic N) is 4. The van der Waals surface area contributed by atoms with Crippen LogP contribution in [0.25, 0.3) is 0 Å². The Morgan fingerprint density at radius 3 is 2.68 bits per heavy atom. The van der Waals surface area contributed by atoms with Gasteiger partial charge in [0.2, 0.25) is 5.95 Å². The number of hydroxylamine groups is 1. The highest BCUT2D eigenvalue weighted by molar-refractivity contribution is 5.92. The van der Waals surface area contributed by atoms with E-state index >= 15 is 0 Å². The lowest BCUT2D eigenvalue weighted by Gasteiger charge is -2.32. The molecule has 0 radical (unpaired) electrons. The molecule has 1 aliphatic rings. The van der Waals surface area contributed by atoms with Crippen LogP contribution < -0.4 is 25.3 Å². The van der Waals surface area contributed by atoms with Crippen molar-refractivity contribution >= 4 is 17.5 Å². The van der Waals surface area contributed by atoms with Crippen LogP contribution in [0.5, 0.6) is 5.75 Å². The molecule has 2 heterocycles. The van der Waals surface area contributed by atoms with Gasteiger partial charge in [-0.25, -0.2) is 15.4 Å². The van der Waals surface area contributed by atoms with Crippen molar-refractivity contribution in [2.75, 3.05) is 43.6 Å². The predicted molar refractivity (Wildman–Crippen MR) is 120 cm³/mol. The van der Waals surface area contributed by atoms with Crippen LogP contribution in [0, 0.1) is 5.92 Å². The van der Waals surface area contributed by atoms with Crippen molar-refractivity contribution in [1.29, 1.82) is 0 Å². The summed E-state index contributed by atoms with van der Waals surface area (Å²) in [6, 6.07) is 6.06. The lowest BCUT2D eigenvalue weighted by molar-refractivity contribution is 0.0705. The van der Waals surface area contributed by atoms with Crippen LogP contribution in [0.1, 0.15) is 28.8 Å². The first-order chi connectivity index (χ1) is 15.0. The van der Waals surface area contributed by atoms with Crippen molar-refractivity contribution in [3.05, 3.63) is 54.5 Å². The zero-order chi connectivity index (χ0) is 22.2. The first-order valence-electron chi connectivity index (χ1n) is 10.3.